The van der Waals surface area contributed by atoms with Crippen LogP contribution in [0.2, 0.25) is 0 Å². The maximum atomic E-state index is 12.3. The monoisotopic (exact) mass is 298 g/mol. The van der Waals surface area contributed by atoms with E-state index in [0.717, 1.165) is 18.4 Å². The molecule has 7 heteroatoms. The highest BCUT2D eigenvalue weighted by molar-refractivity contribution is 7.89. The van der Waals surface area contributed by atoms with Crippen LogP contribution in [0.1, 0.15) is 24.8 Å². The van der Waals surface area contributed by atoms with Crippen molar-refractivity contribution >= 4 is 16.0 Å². The Bertz CT molecular complexity index is 555. The molecule has 0 unspecified atom stereocenters. The van der Waals surface area contributed by atoms with Crippen LogP contribution in [0, 0.1) is 0 Å². The first kappa shape index (κ1) is 14.9. The number of hydrogen-bond acceptors (Lipinski definition) is 4. The maximum Gasteiger partial charge on any atom is 0.304 e. The van der Waals surface area contributed by atoms with E-state index < -0.39 is 16.0 Å². The Morgan fingerprint density at radius 1 is 1.35 bits per heavy atom. The molecule has 2 rings (SSSR count). The number of aromatic nitrogens is 1. The second-order valence-corrected chi connectivity index (χ2v) is 6.95. The van der Waals surface area contributed by atoms with Crippen LogP contribution in [0.25, 0.3) is 0 Å². The van der Waals surface area contributed by atoms with Gasteiger partial charge in [0.25, 0.3) is 0 Å². The van der Waals surface area contributed by atoms with Crippen molar-refractivity contribution in [3.63, 3.8) is 0 Å². The van der Waals surface area contributed by atoms with Gasteiger partial charge in [0.05, 0.1) is 12.2 Å². The van der Waals surface area contributed by atoms with E-state index in [-0.39, 0.29) is 24.8 Å². The SMILES string of the molecule is O=C(O)CCN(C1CC1)S(=O)(=O)CCc1ccncc1. The van der Waals surface area contributed by atoms with Gasteiger partial charge >= 0.3 is 5.97 Å². The predicted molar refractivity (Wildman–Crippen MR) is 73.7 cm³/mol. The van der Waals surface area contributed by atoms with E-state index in [1.807, 2.05) is 0 Å². The summed E-state index contributed by atoms with van der Waals surface area (Å²) in [5.41, 5.74) is 0.914. The third kappa shape index (κ3) is 4.28. The number of pyridine rings is 1. The summed E-state index contributed by atoms with van der Waals surface area (Å²) < 4.78 is 26.0. The average molecular weight is 298 g/mol. The smallest absolute Gasteiger partial charge is 0.304 e. The zero-order chi connectivity index (χ0) is 14.6. The van der Waals surface area contributed by atoms with E-state index in [4.69, 9.17) is 5.11 Å². The van der Waals surface area contributed by atoms with Crippen molar-refractivity contribution in [2.45, 2.75) is 31.7 Å². The van der Waals surface area contributed by atoms with Crippen molar-refractivity contribution in [3.05, 3.63) is 30.1 Å². The molecule has 6 nitrogen and oxygen atoms in total. The first-order valence-corrected chi connectivity index (χ1v) is 8.20. The van der Waals surface area contributed by atoms with Crippen molar-refractivity contribution in [3.8, 4) is 0 Å². The Balaban J connectivity index is 1.97. The molecule has 0 amide bonds. The van der Waals surface area contributed by atoms with Gasteiger partial charge in [0.15, 0.2) is 0 Å². The maximum absolute atomic E-state index is 12.3. The average Bonchev–Trinajstić information content (AvgIpc) is 3.22. The molecule has 1 aliphatic rings. The largest absolute Gasteiger partial charge is 0.481 e. The molecule has 1 aromatic rings. The number of carbonyl (C=O) groups is 1. The van der Waals surface area contributed by atoms with Crippen LogP contribution >= 0.6 is 0 Å². The van der Waals surface area contributed by atoms with Gasteiger partial charge in [-0.1, -0.05) is 0 Å². The Labute approximate surface area is 118 Å². The summed E-state index contributed by atoms with van der Waals surface area (Å²) in [6, 6.07) is 3.57. The van der Waals surface area contributed by atoms with Crippen LogP contribution in [-0.2, 0) is 21.2 Å². The van der Waals surface area contributed by atoms with Crippen molar-refractivity contribution < 1.29 is 18.3 Å². The molecule has 0 radical (unpaired) electrons. The van der Waals surface area contributed by atoms with Gasteiger partial charge in [-0.3, -0.25) is 9.78 Å². The second-order valence-electron chi connectivity index (χ2n) is 4.91. The molecular weight excluding hydrogens is 280 g/mol. The lowest BCUT2D eigenvalue weighted by atomic mass is 10.2. The molecule has 0 spiro atoms. The zero-order valence-corrected chi connectivity index (χ0v) is 11.9. The lowest BCUT2D eigenvalue weighted by molar-refractivity contribution is -0.137. The van der Waals surface area contributed by atoms with Gasteiger partial charge in [0.1, 0.15) is 0 Å². The lowest BCUT2D eigenvalue weighted by Crippen LogP contribution is -2.37. The minimum absolute atomic E-state index is 0.00297. The normalized spacial score (nSPS) is 15.4. The number of hydrogen-bond donors (Lipinski definition) is 1. The van der Waals surface area contributed by atoms with Gasteiger partial charge in [-0.05, 0) is 37.0 Å². The summed E-state index contributed by atoms with van der Waals surface area (Å²) in [7, 11) is -3.40. The number of aliphatic carboxylic acids is 1. The molecule has 1 aliphatic carbocycles. The molecule has 1 aromatic heterocycles. The number of carboxylic acid groups (broad SMARTS) is 1. The third-order valence-corrected chi connectivity index (χ3v) is 5.17. The van der Waals surface area contributed by atoms with Gasteiger partial charge in [0.2, 0.25) is 10.0 Å². The van der Waals surface area contributed by atoms with Gasteiger partial charge in [0, 0.05) is 25.0 Å². The zero-order valence-electron chi connectivity index (χ0n) is 11.1. The van der Waals surface area contributed by atoms with Gasteiger partial charge in [-0.25, -0.2) is 8.42 Å². The summed E-state index contributed by atoms with van der Waals surface area (Å²) in [4.78, 5) is 14.5. The van der Waals surface area contributed by atoms with Crippen LogP contribution in [-0.4, -0.2) is 47.1 Å². The van der Waals surface area contributed by atoms with Crippen LogP contribution in [0.4, 0.5) is 0 Å². The van der Waals surface area contributed by atoms with Gasteiger partial charge in [-0.2, -0.15) is 4.31 Å². The molecular formula is C13H18N2O4S. The fourth-order valence-electron chi connectivity index (χ4n) is 2.03. The molecule has 0 atom stereocenters. The molecule has 0 bridgehead atoms. The highest BCUT2D eigenvalue weighted by Crippen LogP contribution is 2.29. The summed E-state index contributed by atoms with van der Waals surface area (Å²) in [6.45, 7) is 0.0681. The molecule has 0 aromatic carbocycles. The lowest BCUT2D eigenvalue weighted by Gasteiger charge is -2.21. The molecule has 1 N–H and O–H groups in total. The third-order valence-electron chi connectivity index (χ3n) is 3.26. The molecule has 0 aliphatic heterocycles. The van der Waals surface area contributed by atoms with E-state index >= 15 is 0 Å². The minimum Gasteiger partial charge on any atom is -0.481 e. The van der Waals surface area contributed by atoms with E-state index in [9.17, 15) is 13.2 Å². The van der Waals surface area contributed by atoms with Crippen LogP contribution in [0.15, 0.2) is 24.5 Å². The molecule has 0 saturated heterocycles. The van der Waals surface area contributed by atoms with Crippen molar-refractivity contribution in [2.24, 2.45) is 0 Å². The second kappa shape index (κ2) is 6.32. The van der Waals surface area contributed by atoms with Gasteiger partial charge < -0.3 is 5.11 Å². The van der Waals surface area contributed by atoms with Crippen LogP contribution in [0.3, 0.4) is 0 Å². The number of aryl methyl sites for hydroxylation is 1. The quantitative estimate of drug-likeness (QED) is 0.770. The minimum atomic E-state index is -3.40. The molecule has 1 fully saturated rings. The van der Waals surface area contributed by atoms with E-state index in [1.165, 1.54) is 4.31 Å². The van der Waals surface area contributed by atoms with Crippen LogP contribution < -0.4 is 0 Å². The molecule has 20 heavy (non-hydrogen) atoms. The molecule has 1 saturated carbocycles. The van der Waals surface area contributed by atoms with E-state index in [1.54, 1.807) is 24.5 Å². The standard InChI is InChI=1S/C13H18N2O4S/c16-13(17)5-9-15(12-1-2-12)20(18,19)10-6-11-3-7-14-8-4-11/h3-4,7-8,12H,1-2,5-6,9-10H2,(H,16,17). The highest BCUT2D eigenvalue weighted by Gasteiger charge is 2.36. The Kier molecular flexibility index (Phi) is 4.72. The van der Waals surface area contributed by atoms with Crippen molar-refractivity contribution in [2.75, 3.05) is 12.3 Å². The topological polar surface area (TPSA) is 87.6 Å². The fraction of sp³-hybridized carbons (Fsp3) is 0.538. The number of nitrogens with zero attached hydrogens (tertiary/aromatic N) is 2. The van der Waals surface area contributed by atoms with E-state index in [2.05, 4.69) is 4.98 Å². The summed E-state index contributed by atoms with van der Waals surface area (Å²) >= 11 is 0. The van der Waals surface area contributed by atoms with Crippen molar-refractivity contribution in [1.29, 1.82) is 0 Å². The van der Waals surface area contributed by atoms with Gasteiger partial charge in [-0.15, -0.1) is 0 Å². The van der Waals surface area contributed by atoms with Crippen molar-refractivity contribution in [1.82, 2.24) is 9.29 Å². The first-order valence-electron chi connectivity index (χ1n) is 6.59. The Morgan fingerprint density at radius 3 is 2.55 bits per heavy atom. The number of carboxylic acids is 1. The summed E-state index contributed by atoms with van der Waals surface area (Å²) in [5, 5.41) is 8.71. The first-order chi connectivity index (χ1) is 9.49. The summed E-state index contributed by atoms with van der Waals surface area (Å²) in [5.74, 6) is -0.965. The Hall–Kier alpha value is -1.47. The van der Waals surface area contributed by atoms with E-state index in [0.29, 0.717) is 6.42 Å². The number of rotatable bonds is 8. The summed E-state index contributed by atoms with van der Waals surface area (Å²) in [6.07, 6.45) is 5.18. The fourth-order valence-corrected chi connectivity index (χ4v) is 3.79. The highest BCUT2D eigenvalue weighted by atomic mass is 32.2. The molecule has 110 valence electrons. The molecule has 1 heterocycles. The Morgan fingerprint density at radius 2 is 2.00 bits per heavy atom. The van der Waals surface area contributed by atoms with Crippen LogP contribution in [0.5, 0.6) is 0 Å². The number of sulfonamides is 1. The predicted octanol–water partition coefficient (Wildman–Crippen LogP) is 0.893.